The number of aliphatic hydroxyl groups is 4. The molecule has 0 heterocycles. The van der Waals surface area contributed by atoms with E-state index in [0.717, 1.165) is 6.92 Å². The average Bonchev–Trinajstić information content (AvgIpc) is 2.62. The Morgan fingerprint density at radius 3 is 2.07 bits per heavy atom. The van der Waals surface area contributed by atoms with Crippen LogP contribution < -0.4 is 0 Å². The van der Waals surface area contributed by atoms with E-state index in [1.807, 2.05) is 0 Å². The Hall–Kier alpha value is -2.77. The minimum Gasteiger partial charge on any atom is -0.511 e. The zero-order valence-electron chi connectivity index (χ0n) is 14.5. The molecule has 0 amide bonds. The standard InChI is InChI=1S/C20H18O7/c1-8(21)20(27)6-11-13(12(22)7-20)19(26)15-14(18(11)25)16(23)9-4-2-3-5-10(9)17(15)24/h2-5,12,14-15,22,25-27H,6-7H2,1H3/t12-,14?,15?,20-/m0/s1. The smallest absolute Gasteiger partial charge is 0.175 e. The van der Waals surface area contributed by atoms with Crippen LogP contribution in [0.5, 0.6) is 0 Å². The molecule has 7 heteroatoms. The zero-order valence-corrected chi connectivity index (χ0v) is 14.5. The molecule has 1 aromatic rings. The third-order valence-corrected chi connectivity index (χ3v) is 5.84. The first kappa shape index (κ1) is 17.6. The van der Waals surface area contributed by atoms with Crippen LogP contribution in [0.3, 0.4) is 0 Å². The number of fused-ring (bicyclic) bond motifs is 3. The predicted molar refractivity (Wildman–Crippen MR) is 92.3 cm³/mol. The van der Waals surface area contributed by atoms with E-state index >= 15 is 0 Å². The highest BCUT2D eigenvalue weighted by atomic mass is 16.3. The van der Waals surface area contributed by atoms with Gasteiger partial charge in [0, 0.05) is 35.1 Å². The maximum Gasteiger partial charge on any atom is 0.175 e. The van der Waals surface area contributed by atoms with Crippen molar-refractivity contribution in [3.05, 3.63) is 58.1 Å². The third kappa shape index (κ3) is 2.25. The van der Waals surface area contributed by atoms with Gasteiger partial charge in [-0.15, -0.1) is 0 Å². The zero-order chi connectivity index (χ0) is 19.7. The van der Waals surface area contributed by atoms with Gasteiger partial charge in [-0.05, 0) is 6.92 Å². The van der Waals surface area contributed by atoms with Gasteiger partial charge < -0.3 is 20.4 Å². The fourth-order valence-corrected chi connectivity index (χ4v) is 4.37. The van der Waals surface area contributed by atoms with Crippen LogP contribution in [-0.2, 0) is 4.79 Å². The van der Waals surface area contributed by atoms with E-state index in [-0.39, 0.29) is 35.1 Å². The van der Waals surface area contributed by atoms with E-state index in [4.69, 9.17) is 0 Å². The second kappa shape index (κ2) is 5.61. The molecule has 0 radical (unpaired) electrons. The molecule has 4 N–H and O–H groups in total. The van der Waals surface area contributed by atoms with Crippen molar-refractivity contribution in [1.82, 2.24) is 0 Å². The van der Waals surface area contributed by atoms with Gasteiger partial charge in [-0.1, -0.05) is 24.3 Å². The summed E-state index contributed by atoms with van der Waals surface area (Å²) in [5.41, 5.74) is -1.76. The summed E-state index contributed by atoms with van der Waals surface area (Å²) >= 11 is 0. The van der Waals surface area contributed by atoms with Gasteiger partial charge in [0.2, 0.25) is 0 Å². The summed E-state index contributed by atoms with van der Waals surface area (Å²) in [7, 11) is 0. The van der Waals surface area contributed by atoms with Gasteiger partial charge in [-0.2, -0.15) is 0 Å². The number of rotatable bonds is 1. The Kier molecular flexibility index (Phi) is 3.66. The topological polar surface area (TPSA) is 132 Å². The van der Waals surface area contributed by atoms with Crippen LogP contribution >= 0.6 is 0 Å². The number of allylic oxidation sites excluding steroid dienone is 2. The minimum atomic E-state index is -1.92. The van der Waals surface area contributed by atoms with Crippen molar-refractivity contribution in [3.8, 4) is 0 Å². The third-order valence-electron chi connectivity index (χ3n) is 5.84. The lowest BCUT2D eigenvalue weighted by Gasteiger charge is -2.42. The molecule has 27 heavy (non-hydrogen) atoms. The number of carbonyl (C=O) groups excluding carboxylic acids is 3. The first-order valence-electron chi connectivity index (χ1n) is 8.61. The van der Waals surface area contributed by atoms with E-state index < -0.39 is 52.4 Å². The van der Waals surface area contributed by atoms with Crippen LogP contribution in [0.25, 0.3) is 0 Å². The Balaban J connectivity index is 1.93. The summed E-state index contributed by atoms with van der Waals surface area (Å²) in [6.45, 7) is 1.16. The SMILES string of the molecule is CC(=O)[C@]1(O)CC2=C(O)C3C(=O)c4ccccc4C(=O)C3C(O)=C2[C@@H](O)C1. The predicted octanol–water partition coefficient (Wildman–Crippen LogP) is 1.41. The van der Waals surface area contributed by atoms with Crippen LogP contribution in [0.1, 0.15) is 40.5 Å². The van der Waals surface area contributed by atoms with Gasteiger partial charge in [0.1, 0.15) is 17.1 Å². The average molecular weight is 370 g/mol. The molecule has 0 saturated heterocycles. The minimum absolute atomic E-state index is 0.0502. The molecule has 1 saturated carbocycles. The van der Waals surface area contributed by atoms with Gasteiger partial charge in [0.15, 0.2) is 17.3 Å². The van der Waals surface area contributed by atoms with Gasteiger partial charge in [0.05, 0.1) is 17.9 Å². The summed E-state index contributed by atoms with van der Waals surface area (Å²) in [5, 5.41) is 42.5. The summed E-state index contributed by atoms with van der Waals surface area (Å²) in [4.78, 5) is 37.7. The Morgan fingerprint density at radius 1 is 1.04 bits per heavy atom. The monoisotopic (exact) mass is 370 g/mol. The number of benzene rings is 1. The molecule has 0 aromatic heterocycles. The maximum absolute atomic E-state index is 12.9. The molecule has 0 spiro atoms. The largest absolute Gasteiger partial charge is 0.511 e. The fourth-order valence-electron chi connectivity index (χ4n) is 4.37. The number of Topliss-reactive ketones (excluding diaryl/α,β-unsaturated/α-hetero) is 3. The van der Waals surface area contributed by atoms with Crippen molar-refractivity contribution in [1.29, 1.82) is 0 Å². The molecule has 2 unspecified atom stereocenters. The quantitative estimate of drug-likeness (QED) is 0.587. The van der Waals surface area contributed by atoms with Crippen molar-refractivity contribution in [2.24, 2.45) is 11.8 Å². The lowest BCUT2D eigenvalue weighted by Crippen LogP contribution is -2.49. The normalized spacial score (nSPS) is 32.8. The number of carbonyl (C=O) groups is 3. The highest BCUT2D eigenvalue weighted by Gasteiger charge is 2.54. The maximum atomic E-state index is 12.9. The molecule has 1 fully saturated rings. The first-order chi connectivity index (χ1) is 12.7. The van der Waals surface area contributed by atoms with Crippen molar-refractivity contribution >= 4 is 17.3 Å². The van der Waals surface area contributed by atoms with Crippen LogP contribution in [0.4, 0.5) is 0 Å². The van der Waals surface area contributed by atoms with Gasteiger partial charge in [-0.3, -0.25) is 14.4 Å². The van der Waals surface area contributed by atoms with Crippen LogP contribution in [-0.4, -0.2) is 49.5 Å². The molecule has 4 rings (SSSR count). The lowest BCUT2D eigenvalue weighted by molar-refractivity contribution is -0.139. The highest BCUT2D eigenvalue weighted by molar-refractivity contribution is 6.18. The van der Waals surface area contributed by atoms with Crippen molar-refractivity contribution in [2.75, 3.05) is 0 Å². The number of hydrogen-bond acceptors (Lipinski definition) is 7. The first-order valence-corrected chi connectivity index (χ1v) is 8.61. The molecule has 1 aromatic carbocycles. The van der Waals surface area contributed by atoms with Crippen molar-refractivity contribution in [2.45, 2.75) is 31.5 Å². The number of hydrogen-bond donors (Lipinski definition) is 4. The summed E-state index contributed by atoms with van der Waals surface area (Å²) in [6.07, 6.45) is -2.17. The van der Waals surface area contributed by atoms with Crippen molar-refractivity contribution < 1.29 is 34.8 Å². The molecule has 3 aliphatic rings. The van der Waals surface area contributed by atoms with E-state index in [1.54, 1.807) is 12.1 Å². The van der Waals surface area contributed by atoms with E-state index in [9.17, 15) is 34.8 Å². The summed E-state index contributed by atoms with van der Waals surface area (Å²) in [5.74, 6) is -5.30. The number of aliphatic hydroxyl groups excluding tert-OH is 3. The van der Waals surface area contributed by atoms with Crippen LogP contribution in [0, 0.1) is 11.8 Å². The molecule has 140 valence electrons. The second-order valence-electron chi connectivity index (χ2n) is 7.38. The molecule has 3 aliphatic carbocycles. The molecular weight excluding hydrogens is 352 g/mol. The van der Waals surface area contributed by atoms with Gasteiger partial charge in [-0.25, -0.2) is 0 Å². The Morgan fingerprint density at radius 2 is 1.56 bits per heavy atom. The van der Waals surface area contributed by atoms with E-state index in [1.165, 1.54) is 12.1 Å². The van der Waals surface area contributed by atoms with Crippen LogP contribution in [0.15, 0.2) is 46.9 Å². The van der Waals surface area contributed by atoms with Crippen molar-refractivity contribution in [3.63, 3.8) is 0 Å². The van der Waals surface area contributed by atoms with E-state index in [0.29, 0.717) is 0 Å². The molecule has 7 nitrogen and oxygen atoms in total. The molecule has 0 bridgehead atoms. The van der Waals surface area contributed by atoms with Crippen LogP contribution in [0.2, 0.25) is 0 Å². The fraction of sp³-hybridized carbons (Fsp3) is 0.350. The highest BCUT2D eigenvalue weighted by Crippen LogP contribution is 2.49. The molecule has 4 atom stereocenters. The van der Waals surface area contributed by atoms with Gasteiger partial charge in [0.25, 0.3) is 0 Å². The Bertz CT molecular complexity index is 970. The number of ketones is 3. The Labute approximate surface area is 154 Å². The molecular formula is C20H18O7. The second-order valence-corrected chi connectivity index (χ2v) is 7.38. The van der Waals surface area contributed by atoms with E-state index in [2.05, 4.69) is 0 Å². The molecule has 0 aliphatic heterocycles. The lowest BCUT2D eigenvalue weighted by atomic mass is 9.63. The summed E-state index contributed by atoms with van der Waals surface area (Å²) in [6, 6.07) is 6.14. The summed E-state index contributed by atoms with van der Waals surface area (Å²) < 4.78 is 0. The van der Waals surface area contributed by atoms with Gasteiger partial charge >= 0.3 is 0 Å².